The zero-order chi connectivity index (χ0) is 23.4. The van der Waals surface area contributed by atoms with E-state index in [1.807, 2.05) is 24.6 Å². The lowest BCUT2D eigenvalue weighted by Gasteiger charge is -2.31. The van der Waals surface area contributed by atoms with Crippen LogP contribution < -0.4 is 15.4 Å². The molecule has 0 saturated carbocycles. The Morgan fingerprint density at radius 1 is 1.21 bits per heavy atom. The van der Waals surface area contributed by atoms with Crippen LogP contribution in [0.3, 0.4) is 0 Å². The normalized spacial score (nSPS) is 16.8. The van der Waals surface area contributed by atoms with Crippen LogP contribution in [0.2, 0.25) is 0 Å². The summed E-state index contributed by atoms with van der Waals surface area (Å²) in [7, 11) is -0.285. The highest BCUT2D eigenvalue weighted by molar-refractivity contribution is 7.89. The quantitative estimate of drug-likeness (QED) is 0.525. The van der Waals surface area contributed by atoms with Crippen molar-refractivity contribution in [2.24, 2.45) is 5.92 Å². The summed E-state index contributed by atoms with van der Waals surface area (Å²) in [6.45, 7) is 0.542. The molecule has 3 aromatic rings. The molecule has 1 saturated heterocycles. The van der Waals surface area contributed by atoms with E-state index in [4.69, 9.17) is 4.74 Å². The first kappa shape index (κ1) is 23.2. The third kappa shape index (κ3) is 5.02. The number of aromatic nitrogens is 1. The Morgan fingerprint density at radius 3 is 2.70 bits per heavy atom. The highest BCUT2D eigenvalue weighted by Crippen LogP contribution is 2.33. The average Bonchev–Trinajstić information content (AvgIpc) is 3.34. The predicted molar refractivity (Wildman–Crippen MR) is 130 cm³/mol. The molecular weight excluding hydrogens is 460 g/mol. The largest absolute Gasteiger partial charge is 0.495 e. The van der Waals surface area contributed by atoms with Crippen molar-refractivity contribution in [2.75, 3.05) is 37.9 Å². The van der Waals surface area contributed by atoms with Crippen LogP contribution in [-0.4, -0.2) is 50.9 Å². The number of anilines is 2. The molecule has 1 aliphatic heterocycles. The predicted octanol–water partition coefficient (Wildman–Crippen LogP) is 3.90. The molecule has 1 aromatic heterocycles. The van der Waals surface area contributed by atoms with Crippen molar-refractivity contribution in [3.63, 3.8) is 0 Å². The number of piperidine rings is 1. The Morgan fingerprint density at radius 2 is 2.00 bits per heavy atom. The number of sulfonamides is 1. The summed E-state index contributed by atoms with van der Waals surface area (Å²) >= 11 is 1.49. The molecule has 8 nitrogen and oxygen atoms in total. The van der Waals surface area contributed by atoms with Gasteiger partial charge in [0.05, 0.1) is 29.3 Å². The minimum Gasteiger partial charge on any atom is -0.495 e. The third-order valence-electron chi connectivity index (χ3n) is 5.61. The molecule has 1 atom stereocenters. The topological polar surface area (TPSA) is 101 Å². The van der Waals surface area contributed by atoms with E-state index in [0.29, 0.717) is 30.8 Å². The fraction of sp³-hybridized carbons (Fsp3) is 0.304. The number of benzene rings is 2. The second kappa shape index (κ2) is 9.90. The number of hydrogen-bond acceptors (Lipinski definition) is 7. The number of nitrogens with one attached hydrogen (secondary N) is 2. The van der Waals surface area contributed by atoms with Crippen molar-refractivity contribution in [1.29, 1.82) is 0 Å². The van der Waals surface area contributed by atoms with E-state index in [0.717, 1.165) is 16.4 Å². The smallest absolute Gasteiger partial charge is 0.243 e. The summed E-state index contributed by atoms with van der Waals surface area (Å²) < 4.78 is 32.8. The van der Waals surface area contributed by atoms with Gasteiger partial charge in [0.15, 0.2) is 5.13 Å². The zero-order valence-electron chi connectivity index (χ0n) is 18.4. The number of amides is 1. The Balaban J connectivity index is 1.52. The molecule has 2 N–H and O–H groups in total. The lowest BCUT2D eigenvalue weighted by atomic mass is 9.98. The number of ether oxygens (including phenoxy) is 1. The number of thiazole rings is 1. The molecule has 1 amide bonds. The first-order chi connectivity index (χ1) is 15.9. The van der Waals surface area contributed by atoms with Crippen molar-refractivity contribution in [2.45, 2.75) is 17.7 Å². The number of carbonyl (C=O) groups excluding carboxylic acids is 1. The van der Waals surface area contributed by atoms with Crippen LogP contribution in [0, 0.1) is 5.92 Å². The molecule has 0 spiro atoms. The number of rotatable bonds is 7. The van der Waals surface area contributed by atoms with E-state index in [2.05, 4.69) is 15.6 Å². The van der Waals surface area contributed by atoms with Crippen molar-refractivity contribution in [3.8, 4) is 17.0 Å². The SMILES string of the molecule is CNc1nc(-c2ccc(OC)c(NC(=O)C3CCCN(S(=O)(=O)c4ccccc4)C3)c2)cs1. The number of nitrogens with zero attached hydrogens (tertiary/aromatic N) is 2. The zero-order valence-corrected chi connectivity index (χ0v) is 20.1. The minimum absolute atomic E-state index is 0.142. The van der Waals surface area contributed by atoms with Gasteiger partial charge in [-0.15, -0.1) is 11.3 Å². The highest BCUT2D eigenvalue weighted by Gasteiger charge is 2.33. The lowest BCUT2D eigenvalue weighted by Crippen LogP contribution is -2.43. The maximum absolute atomic E-state index is 13.1. The molecule has 33 heavy (non-hydrogen) atoms. The highest BCUT2D eigenvalue weighted by atomic mass is 32.2. The first-order valence-corrected chi connectivity index (χ1v) is 12.9. The summed E-state index contributed by atoms with van der Waals surface area (Å²) in [5, 5.41) is 8.70. The fourth-order valence-corrected chi connectivity index (χ4v) is 6.06. The maximum Gasteiger partial charge on any atom is 0.243 e. The molecule has 1 aliphatic rings. The lowest BCUT2D eigenvalue weighted by molar-refractivity contribution is -0.120. The van der Waals surface area contributed by atoms with Gasteiger partial charge in [0, 0.05) is 31.1 Å². The van der Waals surface area contributed by atoms with E-state index in [9.17, 15) is 13.2 Å². The summed E-state index contributed by atoms with van der Waals surface area (Å²) in [4.78, 5) is 17.9. The Hall–Kier alpha value is -2.95. The van der Waals surface area contributed by atoms with Crippen LogP contribution in [0.1, 0.15) is 12.8 Å². The second-order valence-corrected chi connectivity index (χ2v) is 10.5. The molecule has 174 valence electrons. The van der Waals surface area contributed by atoms with Gasteiger partial charge < -0.3 is 15.4 Å². The monoisotopic (exact) mass is 486 g/mol. The van der Waals surface area contributed by atoms with Crippen LogP contribution in [-0.2, 0) is 14.8 Å². The molecule has 1 fully saturated rings. The van der Waals surface area contributed by atoms with E-state index in [-0.39, 0.29) is 17.3 Å². The van der Waals surface area contributed by atoms with Crippen molar-refractivity contribution < 1.29 is 17.9 Å². The summed E-state index contributed by atoms with van der Waals surface area (Å²) in [5.41, 5.74) is 2.17. The van der Waals surface area contributed by atoms with Crippen molar-refractivity contribution in [3.05, 3.63) is 53.9 Å². The Labute approximate surface area is 197 Å². The molecule has 0 aliphatic carbocycles. The van der Waals surface area contributed by atoms with E-state index in [1.54, 1.807) is 43.5 Å². The average molecular weight is 487 g/mol. The number of methoxy groups -OCH3 is 1. The number of hydrogen-bond donors (Lipinski definition) is 2. The van der Waals surface area contributed by atoms with Crippen LogP contribution in [0.15, 0.2) is 58.8 Å². The van der Waals surface area contributed by atoms with Crippen LogP contribution >= 0.6 is 11.3 Å². The Bertz CT molecular complexity index is 1230. The fourth-order valence-electron chi connectivity index (χ4n) is 3.84. The van der Waals surface area contributed by atoms with Gasteiger partial charge in [0.1, 0.15) is 5.75 Å². The number of carbonyl (C=O) groups is 1. The molecular formula is C23H26N4O4S2. The van der Waals surface area contributed by atoms with Gasteiger partial charge in [-0.25, -0.2) is 13.4 Å². The van der Waals surface area contributed by atoms with Crippen LogP contribution in [0.5, 0.6) is 5.75 Å². The van der Waals surface area contributed by atoms with E-state index >= 15 is 0 Å². The van der Waals surface area contributed by atoms with Crippen LogP contribution in [0.25, 0.3) is 11.3 Å². The van der Waals surface area contributed by atoms with E-state index in [1.165, 1.54) is 15.6 Å². The van der Waals surface area contributed by atoms with Gasteiger partial charge in [-0.3, -0.25) is 4.79 Å². The summed E-state index contributed by atoms with van der Waals surface area (Å²) in [6.07, 6.45) is 1.24. The molecule has 0 bridgehead atoms. The van der Waals surface area contributed by atoms with Crippen LogP contribution in [0.4, 0.5) is 10.8 Å². The van der Waals surface area contributed by atoms with Crippen molar-refractivity contribution in [1.82, 2.24) is 9.29 Å². The molecule has 0 radical (unpaired) electrons. The van der Waals surface area contributed by atoms with Gasteiger partial charge in [-0.2, -0.15) is 4.31 Å². The van der Waals surface area contributed by atoms with Gasteiger partial charge in [-0.05, 0) is 43.2 Å². The maximum atomic E-state index is 13.1. The summed E-state index contributed by atoms with van der Waals surface area (Å²) in [5.74, 6) is -0.158. The second-order valence-electron chi connectivity index (χ2n) is 7.71. The van der Waals surface area contributed by atoms with Gasteiger partial charge in [0.2, 0.25) is 15.9 Å². The molecule has 2 heterocycles. The van der Waals surface area contributed by atoms with Gasteiger partial charge in [-0.1, -0.05) is 18.2 Å². The molecule has 2 aromatic carbocycles. The van der Waals surface area contributed by atoms with Gasteiger partial charge >= 0.3 is 0 Å². The Kier molecular flexibility index (Phi) is 6.96. The minimum atomic E-state index is -3.64. The van der Waals surface area contributed by atoms with Gasteiger partial charge in [0.25, 0.3) is 0 Å². The summed E-state index contributed by atoms with van der Waals surface area (Å²) in [6, 6.07) is 13.8. The van der Waals surface area contributed by atoms with E-state index < -0.39 is 15.9 Å². The molecule has 4 rings (SSSR count). The van der Waals surface area contributed by atoms with Crippen molar-refractivity contribution >= 4 is 38.1 Å². The standard InChI is InChI=1S/C23H26N4O4S2/c1-24-23-26-20(15-32-23)16-10-11-21(31-2)19(13-16)25-22(28)17-7-6-12-27(14-17)33(29,30)18-8-4-3-5-9-18/h3-5,8-11,13,15,17H,6-7,12,14H2,1-2H3,(H,24,26)(H,25,28). The third-order valence-corrected chi connectivity index (χ3v) is 8.35. The molecule has 1 unspecified atom stereocenters. The first-order valence-electron chi connectivity index (χ1n) is 10.6. The molecule has 10 heteroatoms.